The van der Waals surface area contributed by atoms with Crippen molar-refractivity contribution in [2.24, 2.45) is 0 Å². The number of hydrogen-bond acceptors (Lipinski definition) is 8. The summed E-state index contributed by atoms with van der Waals surface area (Å²) in [6.45, 7) is 3.98. The standard InChI is InChI=1S/C86H138NO8P/c1-6-8-10-12-14-16-18-20-22-24-26-28-30-32-34-36-38-40-42-43-45-47-49-51-53-55-57-59-61-63-65-67-69-71-73-75-77-79-86(89)95-84(83-94-96(90,91)93-81-80-87(3,4)5)82-92-85(88)78-76-74-72-70-68-66-64-62-60-58-56-54-52-50-48-46-44-41-39-37-35-33-31-29-27-25-23-21-19-17-15-13-11-9-7-2/h8-11,14-17,20-23,26-29,32-35,38-41,43,45-46,48-49,51,55,57,61,63,84H,6-7,12-13,18-19,24-25,30-31,36-37,42,44,47,50,52-54,56,58-60,62,64-83H2,1-5H3/b10-8-,11-9-,16-14-,17-15-,22-20-,23-21-,28-26-,29-27-,34-32-,35-33-,40-38-,41-39-,45-43-,48-46-,51-49-,57-55-,63-61-. The van der Waals surface area contributed by atoms with E-state index in [0.717, 1.165) is 173 Å². The van der Waals surface area contributed by atoms with Crippen LogP contribution in [0.25, 0.3) is 0 Å². The molecule has 0 aromatic carbocycles. The monoisotopic (exact) mass is 1340 g/mol. The molecule has 540 valence electrons. The minimum absolute atomic E-state index is 0.0446. The Morgan fingerprint density at radius 2 is 0.562 bits per heavy atom. The van der Waals surface area contributed by atoms with Gasteiger partial charge in [-0.3, -0.25) is 14.2 Å². The molecule has 9 nitrogen and oxygen atoms in total. The van der Waals surface area contributed by atoms with Gasteiger partial charge in [-0.2, -0.15) is 0 Å². The second kappa shape index (κ2) is 73.8. The number of nitrogens with zero attached hydrogens (tertiary/aromatic N) is 1. The van der Waals surface area contributed by atoms with Gasteiger partial charge in [0.25, 0.3) is 7.82 Å². The van der Waals surface area contributed by atoms with Crippen LogP contribution in [0.5, 0.6) is 0 Å². The van der Waals surface area contributed by atoms with Crippen LogP contribution in [0, 0.1) is 0 Å². The minimum Gasteiger partial charge on any atom is -0.756 e. The molecule has 0 aromatic rings. The number of quaternary nitrogens is 1. The van der Waals surface area contributed by atoms with Crippen LogP contribution >= 0.6 is 7.82 Å². The van der Waals surface area contributed by atoms with Crippen molar-refractivity contribution < 1.29 is 42.1 Å². The maximum atomic E-state index is 12.9. The van der Waals surface area contributed by atoms with Crippen molar-refractivity contribution >= 4 is 19.8 Å². The van der Waals surface area contributed by atoms with Crippen LogP contribution in [0.4, 0.5) is 0 Å². The first kappa shape index (κ1) is 90.6. The molecule has 0 heterocycles. The third kappa shape index (κ3) is 77.6. The van der Waals surface area contributed by atoms with Gasteiger partial charge < -0.3 is 27.9 Å². The molecular weight excluding hydrogens is 1210 g/mol. The van der Waals surface area contributed by atoms with Crippen molar-refractivity contribution in [1.29, 1.82) is 0 Å². The van der Waals surface area contributed by atoms with E-state index < -0.39 is 32.5 Å². The lowest BCUT2D eigenvalue weighted by Crippen LogP contribution is -2.37. The van der Waals surface area contributed by atoms with Gasteiger partial charge in [0.1, 0.15) is 19.8 Å². The van der Waals surface area contributed by atoms with E-state index in [1.807, 2.05) is 21.1 Å². The number of phosphoric acid groups is 1. The Kier molecular flexibility index (Phi) is 69.7. The number of carbonyl (C=O) groups excluding carboxylic acids is 2. The van der Waals surface area contributed by atoms with Crippen molar-refractivity contribution in [2.75, 3.05) is 47.5 Å². The second-order valence-electron chi connectivity index (χ2n) is 25.5. The largest absolute Gasteiger partial charge is 0.756 e. The zero-order valence-corrected chi connectivity index (χ0v) is 62.4. The van der Waals surface area contributed by atoms with E-state index >= 15 is 0 Å². The Bertz CT molecular complexity index is 2380. The number of likely N-dealkylation sites (N-methyl/N-ethyl adjacent to an activating group) is 1. The van der Waals surface area contributed by atoms with Crippen LogP contribution in [0.1, 0.15) is 271 Å². The molecule has 96 heavy (non-hydrogen) atoms. The first-order chi connectivity index (χ1) is 47.0. The maximum absolute atomic E-state index is 12.9. The number of ether oxygens (including phenoxy) is 2. The van der Waals surface area contributed by atoms with E-state index in [-0.39, 0.29) is 26.1 Å². The van der Waals surface area contributed by atoms with Crippen LogP contribution in [-0.2, 0) is 32.7 Å². The molecule has 2 atom stereocenters. The van der Waals surface area contributed by atoms with Crippen molar-refractivity contribution in [3.63, 3.8) is 0 Å². The fraction of sp³-hybridized carbons (Fsp3) is 0.581. The summed E-state index contributed by atoms with van der Waals surface area (Å²) in [4.78, 5) is 38.2. The van der Waals surface area contributed by atoms with E-state index in [4.69, 9.17) is 18.5 Å². The highest BCUT2D eigenvalue weighted by Crippen LogP contribution is 2.38. The topological polar surface area (TPSA) is 111 Å². The summed E-state index contributed by atoms with van der Waals surface area (Å²) in [6.07, 6.45) is 116. The molecule has 0 fully saturated rings. The van der Waals surface area contributed by atoms with Crippen LogP contribution in [0.15, 0.2) is 207 Å². The van der Waals surface area contributed by atoms with Gasteiger partial charge in [-0.15, -0.1) is 0 Å². The lowest BCUT2D eigenvalue weighted by atomic mass is 10.0. The molecule has 2 unspecified atom stereocenters. The number of rotatable bonds is 67. The fourth-order valence-electron chi connectivity index (χ4n) is 9.61. The quantitative estimate of drug-likeness (QED) is 0.0195. The Morgan fingerprint density at radius 3 is 0.833 bits per heavy atom. The second-order valence-corrected chi connectivity index (χ2v) is 27.0. The van der Waals surface area contributed by atoms with E-state index in [9.17, 15) is 19.0 Å². The summed E-state index contributed by atoms with van der Waals surface area (Å²) >= 11 is 0. The highest BCUT2D eigenvalue weighted by molar-refractivity contribution is 7.45. The van der Waals surface area contributed by atoms with E-state index in [0.29, 0.717) is 17.4 Å². The van der Waals surface area contributed by atoms with Crippen molar-refractivity contribution in [1.82, 2.24) is 0 Å². The molecule has 0 aromatic heterocycles. The summed E-state index contributed by atoms with van der Waals surface area (Å²) in [6, 6.07) is 0. The first-order valence-corrected chi connectivity index (χ1v) is 39.3. The Balaban J connectivity index is 4.14. The van der Waals surface area contributed by atoms with Crippen LogP contribution < -0.4 is 4.89 Å². The molecule has 0 spiro atoms. The molecule has 0 bridgehead atoms. The van der Waals surface area contributed by atoms with Gasteiger partial charge in [0, 0.05) is 12.8 Å². The lowest BCUT2D eigenvalue weighted by molar-refractivity contribution is -0.870. The molecule has 0 saturated heterocycles. The van der Waals surface area contributed by atoms with E-state index in [2.05, 4.69) is 220 Å². The number of phosphoric ester groups is 1. The highest BCUT2D eigenvalue weighted by atomic mass is 31.2. The van der Waals surface area contributed by atoms with Gasteiger partial charge in [0.15, 0.2) is 6.10 Å². The number of esters is 2. The number of carbonyl (C=O) groups is 2. The highest BCUT2D eigenvalue weighted by Gasteiger charge is 2.22. The van der Waals surface area contributed by atoms with Crippen LogP contribution in [0.3, 0.4) is 0 Å². The molecule has 0 saturated carbocycles. The summed E-state index contributed by atoms with van der Waals surface area (Å²) in [5, 5.41) is 0. The maximum Gasteiger partial charge on any atom is 0.306 e. The number of unbranched alkanes of at least 4 members (excludes halogenated alkanes) is 19. The fourth-order valence-corrected chi connectivity index (χ4v) is 10.3. The molecule has 0 N–H and O–H groups in total. The summed E-state index contributed by atoms with van der Waals surface area (Å²) in [5.74, 6) is -0.863. The average molecular weight is 1350 g/mol. The SMILES string of the molecule is CC/C=C\C/C=C\C/C=C\C/C=C\C/C=C\C/C=C\C/C=C\C/C=C\C/C=C\C/C=C\CCCCCCCCC(=O)OC(COC(=O)CCCCCCCCCCCCCCC/C=C\C/C=C\C/C=C\C/C=C\C/C=C\C/C=C\C/C=C\CC)COP(=O)([O-])OCC[N+](C)(C)C. The summed E-state index contributed by atoms with van der Waals surface area (Å²) < 4.78 is 34.3. The number of allylic oxidation sites excluding steroid dienone is 34. The molecule has 10 heteroatoms. The number of hydrogen-bond donors (Lipinski definition) is 0. The Morgan fingerprint density at radius 1 is 0.323 bits per heavy atom. The Labute approximate surface area is 589 Å². The summed E-state index contributed by atoms with van der Waals surface area (Å²) in [5.41, 5.74) is 0. The smallest absolute Gasteiger partial charge is 0.306 e. The molecule has 0 amide bonds. The van der Waals surface area contributed by atoms with Gasteiger partial charge in [-0.05, 0) is 148 Å². The molecule has 0 aliphatic carbocycles. The predicted molar refractivity (Wildman–Crippen MR) is 415 cm³/mol. The first-order valence-electron chi connectivity index (χ1n) is 37.8. The predicted octanol–water partition coefficient (Wildman–Crippen LogP) is 24.7. The zero-order valence-electron chi connectivity index (χ0n) is 61.5. The molecular formula is C86H138NO8P. The molecule has 0 aliphatic rings. The average Bonchev–Trinajstić information content (AvgIpc) is 2.72. The van der Waals surface area contributed by atoms with Gasteiger partial charge in [0.05, 0.1) is 27.7 Å². The third-order valence-electron chi connectivity index (χ3n) is 15.3. The van der Waals surface area contributed by atoms with Crippen LogP contribution in [-0.4, -0.2) is 70.0 Å². The van der Waals surface area contributed by atoms with E-state index in [1.54, 1.807) is 0 Å². The Hall–Kier alpha value is -5.41. The lowest BCUT2D eigenvalue weighted by Gasteiger charge is -2.28. The van der Waals surface area contributed by atoms with Crippen molar-refractivity contribution in [3.05, 3.63) is 207 Å². The van der Waals surface area contributed by atoms with E-state index in [1.165, 1.54) is 64.2 Å². The minimum atomic E-state index is -4.66. The molecule has 0 rings (SSSR count). The third-order valence-corrected chi connectivity index (χ3v) is 16.3. The summed E-state index contributed by atoms with van der Waals surface area (Å²) in [7, 11) is 1.13. The van der Waals surface area contributed by atoms with Crippen molar-refractivity contribution in [2.45, 2.75) is 277 Å². The molecule has 0 aliphatic heterocycles. The van der Waals surface area contributed by atoms with Gasteiger partial charge in [0.2, 0.25) is 0 Å². The normalized spacial score (nSPS) is 14.3. The molecule has 0 radical (unpaired) electrons. The van der Waals surface area contributed by atoms with Crippen LogP contribution in [0.2, 0.25) is 0 Å². The van der Waals surface area contributed by atoms with Gasteiger partial charge in [-0.1, -0.05) is 317 Å². The van der Waals surface area contributed by atoms with Crippen molar-refractivity contribution in [3.8, 4) is 0 Å². The zero-order chi connectivity index (χ0) is 69.7. The van der Waals surface area contributed by atoms with Gasteiger partial charge in [-0.25, -0.2) is 0 Å². The van der Waals surface area contributed by atoms with Gasteiger partial charge >= 0.3 is 11.9 Å².